The van der Waals surface area contributed by atoms with Gasteiger partial charge in [0.15, 0.2) is 0 Å². The van der Waals surface area contributed by atoms with Crippen LogP contribution in [-0.4, -0.2) is 60.8 Å². The highest BCUT2D eigenvalue weighted by Gasteiger charge is 2.28. The van der Waals surface area contributed by atoms with Crippen molar-refractivity contribution in [2.75, 3.05) is 39.3 Å². The van der Waals surface area contributed by atoms with E-state index in [0.29, 0.717) is 30.6 Å². The third-order valence-electron chi connectivity index (χ3n) is 5.89. The summed E-state index contributed by atoms with van der Waals surface area (Å²) in [5.74, 6) is 1.27. The molecule has 0 atom stereocenters. The van der Waals surface area contributed by atoms with E-state index in [4.69, 9.17) is 21.1 Å². The average molecular weight is 437 g/mol. The summed E-state index contributed by atoms with van der Waals surface area (Å²) in [6, 6.07) is 5.98. The highest BCUT2D eigenvalue weighted by Crippen LogP contribution is 2.36. The van der Waals surface area contributed by atoms with Gasteiger partial charge in [0.1, 0.15) is 11.4 Å². The molecule has 2 heterocycles. The molecule has 0 aliphatic carbocycles. The van der Waals surface area contributed by atoms with E-state index in [1.54, 1.807) is 0 Å². The Morgan fingerprint density at radius 3 is 2.47 bits per heavy atom. The third kappa shape index (κ3) is 7.05. The number of rotatable bonds is 6. The first-order valence-electron chi connectivity index (χ1n) is 11.4. The fraction of sp³-hybridized carbons (Fsp3) is 0.708. The number of amides is 1. The zero-order chi connectivity index (χ0) is 21.6. The molecule has 3 rings (SSSR count). The molecule has 0 N–H and O–H groups in total. The Bertz CT molecular complexity index is 690. The van der Waals surface area contributed by atoms with Gasteiger partial charge in [0.25, 0.3) is 0 Å². The van der Waals surface area contributed by atoms with Crippen molar-refractivity contribution in [3.05, 3.63) is 28.8 Å². The van der Waals surface area contributed by atoms with Gasteiger partial charge in [0.2, 0.25) is 0 Å². The van der Waals surface area contributed by atoms with E-state index in [9.17, 15) is 4.79 Å². The molecule has 0 spiro atoms. The van der Waals surface area contributed by atoms with Crippen LogP contribution in [0.5, 0.6) is 5.75 Å². The second-order valence-electron chi connectivity index (χ2n) is 9.53. The number of hydrogen-bond donors (Lipinski definition) is 0. The lowest BCUT2D eigenvalue weighted by Crippen LogP contribution is -2.41. The lowest BCUT2D eigenvalue weighted by Gasteiger charge is -2.34. The Morgan fingerprint density at radius 2 is 1.80 bits per heavy atom. The van der Waals surface area contributed by atoms with Crippen molar-refractivity contribution in [3.63, 3.8) is 0 Å². The summed E-state index contributed by atoms with van der Waals surface area (Å²) in [4.78, 5) is 16.7. The van der Waals surface area contributed by atoms with E-state index in [-0.39, 0.29) is 6.09 Å². The molecule has 1 aromatic carbocycles. The smallest absolute Gasteiger partial charge is 0.410 e. The van der Waals surface area contributed by atoms with Crippen LogP contribution in [0.4, 0.5) is 4.79 Å². The number of likely N-dealkylation sites (tertiary alicyclic amines) is 2. The summed E-state index contributed by atoms with van der Waals surface area (Å²) in [6.07, 6.45) is 6.64. The number of ether oxygens (including phenoxy) is 2. The van der Waals surface area contributed by atoms with Gasteiger partial charge in [-0.25, -0.2) is 4.79 Å². The Balaban J connectivity index is 1.51. The van der Waals surface area contributed by atoms with Crippen LogP contribution in [0.25, 0.3) is 0 Å². The van der Waals surface area contributed by atoms with Crippen LogP contribution < -0.4 is 4.74 Å². The molecule has 0 unspecified atom stereocenters. The fourth-order valence-corrected chi connectivity index (χ4v) is 4.49. The summed E-state index contributed by atoms with van der Waals surface area (Å²) >= 11 is 6.26. The summed E-state index contributed by atoms with van der Waals surface area (Å²) < 4.78 is 11.7. The number of halogens is 1. The van der Waals surface area contributed by atoms with Crippen molar-refractivity contribution in [1.29, 1.82) is 0 Å². The Hall–Kier alpha value is -1.46. The standard InChI is InChI=1S/C24H37ClN2O3/c1-24(2,3)30-23(28)27-15-10-19(11-16-27)21-9-8-20(25)18-22(21)29-17-7-14-26-12-5-4-6-13-26/h8-9,18-19H,4-7,10-17H2,1-3H3. The molecule has 2 aliphatic heterocycles. The van der Waals surface area contributed by atoms with E-state index >= 15 is 0 Å². The van der Waals surface area contributed by atoms with Gasteiger partial charge in [-0.2, -0.15) is 0 Å². The van der Waals surface area contributed by atoms with Crippen molar-refractivity contribution in [2.24, 2.45) is 0 Å². The minimum atomic E-state index is -0.459. The Labute approximate surface area is 186 Å². The van der Waals surface area contributed by atoms with Crippen molar-refractivity contribution in [2.45, 2.75) is 70.8 Å². The van der Waals surface area contributed by atoms with Crippen molar-refractivity contribution in [3.8, 4) is 5.75 Å². The Kier molecular flexibility index (Phi) is 8.29. The molecule has 0 aromatic heterocycles. The SMILES string of the molecule is CC(C)(C)OC(=O)N1CCC(c2ccc(Cl)cc2OCCCN2CCCCC2)CC1. The molecular formula is C24H37ClN2O3. The number of nitrogens with zero attached hydrogens (tertiary/aromatic N) is 2. The highest BCUT2D eigenvalue weighted by atomic mass is 35.5. The van der Waals surface area contributed by atoms with Gasteiger partial charge >= 0.3 is 6.09 Å². The van der Waals surface area contributed by atoms with Crippen molar-refractivity contribution < 1.29 is 14.3 Å². The molecule has 1 amide bonds. The largest absolute Gasteiger partial charge is 0.493 e. The van der Waals surface area contributed by atoms with Gasteiger partial charge in [0.05, 0.1) is 6.61 Å². The molecule has 0 radical (unpaired) electrons. The molecule has 6 heteroatoms. The van der Waals surface area contributed by atoms with Crippen LogP contribution in [0, 0.1) is 0 Å². The van der Waals surface area contributed by atoms with Crippen LogP contribution in [0.1, 0.15) is 70.8 Å². The quantitative estimate of drug-likeness (QED) is 0.535. The van der Waals surface area contributed by atoms with Gasteiger partial charge in [-0.05, 0) is 89.6 Å². The van der Waals surface area contributed by atoms with E-state index in [1.807, 2.05) is 37.8 Å². The normalized spacial score (nSPS) is 19.0. The predicted octanol–water partition coefficient (Wildman–Crippen LogP) is 5.71. The maximum Gasteiger partial charge on any atom is 0.410 e. The first-order chi connectivity index (χ1) is 14.3. The molecule has 2 saturated heterocycles. The van der Waals surface area contributed by atoms with Crippen LogP contribution in [0.3, 0.4) is 0 Å². The number of carbonyl (C=O) groups is 1. The molecule has 30 heavy (non-hydrogen) atoms. The fourth-order valence-electron chi connectivity index (χ4n) is 4.32. The van der Waals surface area contributed by atoms with Crippen LogP contribution >= 0.6 is 11.6 Å². The Morgan fingerprint density at radius 1 is 1.10 bits per heavy atom. The first kappa shape index (κ1) is 23.2. The average Bonchev–Trinajstić information content (AvgIpc) is 2.71. The number of piperidine rings is 2. The van der Waals surface area contributed by atoms with Gasteiger partial charge in [0, 0.05) is 24.7 Å². The van der Waals surface area contributed by atoms with E-state index in [0.717, 1.165) is 31.6 Å². The van der Waals surface area contributed by atoms with Crippen LogP contribution in [0.2, 0.25) is 5.02 Å². The lowest BCUT2D eigenvalue weighted by atomic mass is 9.89. The monoisotopic (exact) mass is 436 g/mol. The third-order valence-corrected chi connectivity index (χ3v) is 6.12. The minimum Gasteiger partial charge on any atom is -0.493 e. The topological polar surface area (TPSA) is 42.0 Å². The second-order valence-corrected chi connectivity index (χ2v) is 9.96. The van der Waals surface area contributed by atoms with E-state index in [1.165, 1.54) is 37.9 Å². The lowest BCUT2D eigenvalue weighted by molar-refractivity contribution is 0.0204. The number of hydrogen-bond acceptors (Lipinski definition) is 4. The van der Waals surface area contributed by atoms with Gasteiger partial charge in [-0.15, -0.1) is 0 Å². The molecule has 168 valence electrons. The zero-order valence-electron chi connectivity index (χ0n) is 18.8. The molecule has 0 saturated carbocycles. The van der Waals surface area contributed by atoms with Gasteiger partial charge in [-0.1, -0.05) is 24.1 Å². The van der Waals surface area contributed by atoms with Crippen molar-refractivity contribution in [1.82, 2.24) is 9.80 Å². The molecular weight excluding hydrogens is 400 g/mol. The van der Waals surface area contributed by atoms with Gasteiger partial charge < -0.3 is 19.3 Å². The van der Waals surface area contributed by atoms with Crippen molar-refractivity contribution >= 4 is 17.7 Å². The first-order valence-corrected chi connectivity index (χ1v) is 11.8. The summed E-state index contributed by atoms with van der Waals surface area (Å²) in [5, 5.41) is 0.705. The van der Waals surface area contributed by atoms with Crippen LogP contribution in [-0.2, 0) is 4.74 Å². The summed E-state index contributed by atoms with van der Waals surface area (Å²) in [6.45, 7) is 11.4. The minimum absolute atomic E-state index is 0.216. The maximum absolute atomic E-state index is 12.3. The molecule has 5 nitrogen and oxygen atoms in total. The summed E-state index contributed by atoms with van der Waals surface area (Å²) in [7, 11) is 0. The molecule has 2 aliphatic rings. The number of carbonyl (C=O) groups excluding carboxylic acids is 1. The molecule has 2 fully saturated rings. The number of benzene rings is 1. The van der Waals surface area contributed by atoms with Gasteiger partial charge in [-0.3, -0.25) is 0 Å². The highest BCUT2D eigenvalue weighted by molar-refractivity contribution is 6.30. The summed E-state index contributed by atoms with van der Waals surface area (Å²) in [5.41, 5.74) is 0.750. The molecule has 0 bridgehead atoms. The van der Waals surface area contributed by atoms with E-state index < -0.39 is 5.60 Å². The molecule has 1 aromatic rings. The van der Waals surface area contributed by atoms with Crippen LogP contribution in [0.15, 0.2) is 18.2 Å². The second kappa shape index (κ2) is 10.7. The maximum atomic E-state index is 12.3. The van der Waals surface area contributed by atoms with E-state index in [2.05, 4.69) is 11.0 Å². The predicted molar refractivity (Wildman–Crippen MR) is 122 cm³/mol. The zero-order valence-corrected chi connectivity index (χ0v) is 19.5.